The van der Waals surface area contributed by atoms with Gasteiger partial charge in [0.05, 0.1) is 0 Å². The highest BCUT2D eigenvalue weighted by molar-refractivity contribution is 5.85. The number of piperidine rings is 1. The second kappa shape index (κ2) is 5.57. The Bertz CT molecular complexity index is 277. The van der Waals surface area contributed by atoms with Crippen molar-refractivity contribution in [1.29, 1.82) is 0 Å². The van der Waals surface area contributed by atoms with Gasteiger partial charge < -0.3 is 10.6 Å². The van der Waals surface area contributed by atoms with Gasteiger partial charge in [0, 0.05) is 24.5 Å². The molecule has 1 fully saturated rings. The van der Waals surface area contributed by atoms with E-state index in [4.69, 9.17) is 5.73 Å². The minimum Gasteiger partial charge on any atom is -0.342 e. The summed E-state index contributed by atoms with van der Waals surface area (Å²) in [4.78, 5) is 14.3. The summed E-state index contributed by atoms with van der Waals surface area (Å²) in [5.74, 6) is 0.273. The Morgan fingerprint density at radius 2 is 2.00 bits per heavy atom. The van der Waals surface area contributed by atoms with Crippen molar-refractivity contribution in [3.05, 3.63) is 0 Å². The van der Waals surface area contributed by atoms with E-state index < -0.39 is 0 Å². The average molecular weight is 263 g/mol. The summed E-state index contributed by atoms with van der Waals surface area (Å²) in [6, 6.07) is 0.210. The van der Waals surface area contributed by atoms with Gasteiger partial charge in [-0.2, -0.15) is 0 Å². The molecule has 0 saturated carbocycles. The summed E-state index contributed by atoms with van der Waals surface area (Å²) < 4.78 is 0. The Balaban J connectivity index is 0.00000256. The first-order valence-electron chi connectivity index (χ1n) is 6.25. The van der Waals surface area contributed by atoms with Crippen LogP contribution in [-0.2, 0) is 4.79 Å². The predicted octanol–water partition coefficient (Wildman–Crippen LogP) is 2.43. The maximum atomic E-state index is 12.3. The van der Waals surface area contributed by atoms with Crippen molar-refractivity contribution in [2.24, 2.45) is 16.6 Å². The lowest BCUT2D eigenvalue weighted by Gasteiger charge is -2.44. The van der Waals surface area contributed by atoms with Gasteiger partial charge in [0.2, 0.25) is 5.91 Å². The summed E-state index contributed by atoms with van der Waals surface area (Å²) in [5.41, 5.74) is 5.88. The van der Waals surface area contributed by atoms with E-state index in [1.165, 1.54) is 0 Å². The van der Waals surface area contributed by atoms with Crippen molar-refractivity contribution in [2.75, 3.05) is 13.1 Å². The second-order valence-electron chi connectivity index (χ2n) is 6.35. The third-order valence-electron chi connectivity index (χ3n) is 4.06. The zero-order chi connectivity index (χ0) is 12.6. The molecule has 1 amide bonds. The Morgan fingerprint density at radius 3 is 2.41 bits per heavy atom. The van der Waals surface area contributed by atoms with E-state index in [0.717, 1.165) is 25.9 Å². The predicted molar refractivity (Wildman–Crippen MR) is 74.3 cm³/mol. The van der Waals surface area contributed by atoms with Crippen LogP contribution < -0.4 is 5.73 Å². The third-order valence-corrected chi connectivity index (χ3v) is 4.06. The monoisotopic (exact) mass is 262 g/mol. The lowest BCUT2D eigenvalue weighted by molar-refractivity contribution is -0.144. The number of carbonyl (C=O) groups excluding carboxylic acids is 1. The van der Waals surface area contributed by atoms with Crippen molar-refractivity contribution < 1.29 is 4.79 Å². The highest BCUT2D eigenvalue weighted by atomic mass is 35.5. The minimum atomic E-state index is -0.239. The van der Waals surface area contributed by atoms with E-state index in [1.54, 1.807) is 0 Å². The summed E-state index contributed by atoms with van der Waals surface area (Å²) in [5, 5.41) is 0. The SMILES string of the molecule is CCC(C)(C)C(=O)N1CCC(N)C(C)(C)C1.Cl. The highest BCUT2D eigenvalue weighted by Crippen LogP contribution is 2.31. The maximum absolute atomic E-state index is 12.3. The molecule has 1 aliphatic heterocycles. The molecule has 0 aliphatic carbocycles. The number of halogens is 1. The van der Waals surface area contributed by atoms with Crippen LogP contribution in [0.3, 0.4) is 0 Å². The average Bonchev–Trinajstić information content (AvgIpc) is 2.21. The minimum absolute atomic E-state index is 0. The van der Waals surface area contributed by atoms with Gasteiger partial charge in [0.15, 0.2) is 0 Å². The molecule has 2 N–H and O–H groups in total. The number of hydrogen-bond donors (Lipinski definition) is 1. The first kappa shape index (κ1) is 16.7. The van der Waals surface area contributed by atoms with Crippen LogP contribution in [0.4, 0.5) is 0 Å². The van der Waals surface area contributed by atoms with Gasteiger partial charge in [-0.3, -0.25) is 4.79 Å². The molecule has 0 spiro atoms. The van der Waals surface area contributed by atoms with Crippen LogP contribution >= 0.6 is 12.4 Å². The van der Waals surface area contributed by atoms with Crippen LogP contribution in [0.15, 0.2) is 0 Å². The van der Waals surface area contributed by atoms with Crippen LogP contribution in [-0.4, -0.2) is 29.9 Å². The fourth-order valence-corrected chi connectivity index (χ4v) is 2.13. The first-order chi connectivity index (χ1) is 7.20. The largest absolute Gasteiger partial charge is 0.342 e. The van der Waals surface area contributed by atoms with Crippen LogP contribution in [0.5, 0.6) is 0 Å². The van der Waals surface area contributed by atoms with Crippen molar-refractivity contribution in [3.63, 3.8) is 0 Å². The van der Waals surface area contributed by atoms with Gasteiger partial charge in [-0.1, -0.05) is 34.6 Å². The zero-order valence-electron chi connectivity index (χ0n) is 11.7. The smallest absolute Gasteiger partial charge is 0.228 e. The summed E-state index contributed by atoms with van der Waals surface area (Å²) in [6.07, 6.45) is 1.80. The number of nitrogens with two attached hydrogens (primary N) is 1. The molecule has 0 radical (unpaired) electrons. The number of amides is 1. The van der Waals surface area contributed by atoms with Gasteiger partial charge in [0.1, 0.15) is 0 Å². The zero-order valence-corrected chi connectivity index (χ0v) is 12.6. The topological polar surface area (TPSA) is 46.3 Å². The number of rotatable bonds is 2. The van der Waals surface area contributed by atoms with Gasteiger partial charge in [-0.25, -0.2) is 0 Å². The second-order valence-corrected chi connectivity index (χ2v) is 6.35. The van der Waals surface area contributed by atoms with Gasteiger partial charge in [-0.15, -0.1) is 12.4 Å². The molecular weight excluding hydrogens is 236 g/mol. The number of nitrogens with zero attached hydrogens (tertiary/aromatic N) is 1. The fraction of sp³-hybridized carbons (Fsp3) is 0.923. The Hall–Kier alpha value is -0.280. The van der Waals surface area contributed by atoms with Gasteiger partial charge in [0.25, 0.3) is 0 Å². The van der Waals surface area contributed by atoms with Crippen molar-refractivity contribution in [2.45, 2.75) is 53.5 Å². The molecular formula is C13H27ClN2O. The highest BCUT2D eigenvalue weighted by Gasteiger charge is 2.39. The van der Waals surface area contributed by atoms with Gasteiger partial charge in [-0.05, 0) is 18.3 Å². The number of hydrogen-bond acceptors (Lipinski definition) is 2. The van der Waals surface area contributed by atoms with E-state index in [9.17, 15) is 4.79 Å². The molecule has 1 rings (SSSR count). The number of likely N-dealkylation sites (tertiary alicyclic amines) is 1. The quantitative estimate of drug-likeness (QED) is 0.831. The normalized spacial score (nSPS) is 24.1. The molecule has 17 heavy (non-hydrogen) atoms. The van der Waals surface area contributed by atoms with Crippen LogP contribution in [0.1, 0.15) is 47.5 Å². The molecule has 0 bridgehead atoms. The molecule has 4 heteroatoms. The van der Waals surface area contributed by atoms with E-state index in [2.05, 4.69) is 20.8 Å². The van der Waals surface area contributed by atoms with Crippen molar-refractivity contribution >= 4 is 18.3 Å². The molecule has 1 saturated heterocycles. The maximum Gasteiger partial charge on any atom is 0.228 e. The first-order valence-corrected chi connectivity index (χ1v) is 6.25. The summed E-state index contributed by atoms with van der Waals surface area (Å²) in [7, 11) is 0. The molecule has 0 aromatic carbocycles. The van der Waals surface area contributed by atoms with E-state index >= 15 is 0 Å². The summed E-state index contributed by atoms with van der Waals surface area (Å²) >= 11 is 0. The van der Waals surface area contributed by atoms with E-state index in [0.29, 0.717) is 0 Å². The van der Waals surface area contributed by atoms with Gasteiger partial charge >= 0.3 is 0 Å². The van der Waals surface area contributed by atoms with Crippen LogP contribution in [0.2, 0.25) is 0 Å². The molecule has 3 nitrogen and oxygen atoms in total. The molecule has 0 aromatic heterocycles. The number of carbonyl (C=O) groups is 1. The van der Waals surface area contributed by atoms with E-state index in [-0.39, 0.29) is 35.2 Å². The lowest BCUT2D eigenvalue weighted by Crippen LogP contribution is -2.56. The molecule has 102 valence electrons. The third kappa shape index (κ3) is 3.59. The Morgan fingerprint density at radius 1 is 1.47 bits per heavy atom. The van der Waals surface area contributed by atoms with Crippen molar-refractivity contribution in [1.82, 2.24) is 4.90 Å². The standard InChI is InChI=1S/C13H26N2O.ClH/c1-6-12(2,3)11(16)15-8-7-10(14)13(4,5)9-15;/h10H,6-9,14H2,1-5H3;1H. The molecule has 1 unspecified atom stereocenters. The van der Waals surface area contributed by atoms with Crippen LogP contribution in [0.25, 0.3) is 0 Å². The Labute approximate surface area is 112 Å². The Kier molecular flexibility index (Phi) is 5.48. The molecule has 0 aromatic rings. The molecule has 1 heterocycles. The summed E-state index contributed by atoms with van der Waals surface area (Å²) in [6.45, 7) is 12.0. The molecule has 1 aliphatic rings. The fourth-order valence-electron chi connectivity index (χ4n) is 2.13. The van der Waals surface area contributed by atoms with Crippen molar-refractivity contribution in [3.8, 4) is 0 Å². The lowest BCUT2D eigenvalue weighted by atomic mass is 9.78. The van der Waals surface area contributed by atoms with E-state index in [1.807, 2.05) is 18.7 Å². The molecule has 1 atom stereocenters. The van der Waals surface area contributed by atoms with Crippen LogP contribution in [0, 0.1) is 10.8 Å².